The molecule has 0 amide bonds. The van der Waals surface area contributed by atoms with Gasteiger partial charge in [0.25, 0.3) is 0 Å². The predicted octanol–water partition coefficient (Wildman–Crippen LogP) is 11.9. The Balaban J connectivity index is 1.25. The van der Waals surface area contributed by atoms with Crippen molar-refractivity contribution in [3.63, 3.8) is 0 Å². The van der Waals surface area contributed by atoms with Gasteiger partial charge < -0.3 is 4.42 Å². The Labute approximate surface area is 286 Å². The van der Waals surface area contributed by atoms with Crippen LogP contribution in [0.2, 0.25) is 0 Å². The fourth-order valence-electron chi connectivity index (χ4n) is 6.95. The van der Waals surface area contributed by atoms with Gasteiger partial charge in [0.1, 0.15) is 11.2 Å². The summed E-state index contributed by atoms with van der Waals surface area (Å²) in [7, 11) is 0. The number of aromatic nitrogens is 3. The maximum Gasteiger partial charge on any atom is 0.164 e. The third kappa shape index (κ3) is 4.49. The monoisotopic (exact) mass is 628 g/mol. The SMILES string of the molecule is [2H]c1c(-c2ccc3c4ccccc4c4ccccc4c3c2)c([2H])c2c(oc3cccc(-c4nc(-c5ccccc5)nc(-c5ccccc5)n4)c32)c1[2H]. The molecule has 0 aliphatic heterocycles. The van der Waals surface area contributed by atoms with Gasteiger partial charge in [-0.3, -0.25) is 0 Å². The average molecular weight is 629 g/mol. The van der Waals surface area contributed by atoms with E-state index in [2.05, 4.69) is 42.5 Å². The molecule has 2 aromatic heterocycles. The molecule has 0 aliphatic rings. The van der Waals surface area contributed by atoms with Crippen LogP contribution in [0.5, 0.6) is 0 Å². The molecule has 4 nitrogen and oxygen atoms in total. The van der Waals surface area contributed by atoms with E-state index in [9.17, 15) is 4.11 Å². The van der Waals surface area contributed by atoms with Crippen molar-refractivity contribution in [2.45, 2.75) is 0 Å². The van der Waals surface area contributed by atoms with Crippen LogP contribution in [0.3, 0.4) is 0 Å². The first-order chi connectivity index (χ1) is 25.5. The van der Waals surface area contributed by atoms with E-state index in [4.69, 9.17) is 19.4 Å². The Kier molecular flexibility index (Phi) is 5.49. The molecule has 0 atom stereocenters. The minimum Gasteiger partial charge on any atom is -0.456 e. The summed E-state index contributed by atoms with van der Waals surface area (Å²) in [5.41, 5.74) is 4.10. The molecule has 8 aromatic carbocycles. The van der Waals surface area contributed by atoms with E-state index in [0.29, 0.717) is 50.5 Å². The molecule has 10 aromatic rings. The lowest BCUT2D eigenvalue weighted by molar-refractivity contribution is 0.669. The summed E-state index contributed by atoms with van der Waals surface area (Å²) < 4.78 is 34.4. The topological polar surface area (TPSA) is 51.8 Å². The summed E-state index contributed by atoms with van der Waals surface area (Å²) in [5.74, 6) is 1.46. The van der Waals surface area contributed by atoms with Crippen molar-refractivity contribution in [2.75, 3.05) is 0 Å². The lowest BCUT2D eigenvalue weighted by Crippen LogP contribution is -2.00. The first kappa shape index (κ1) is 24.5. The van der Waals surface area contributed by atoms with Crippen LogP contribution in [0.4, 0.5) is 0 Å². The zero-order valence-corrected chi connectivity index (χ0v) is 26.1. The van der Waals surface area contributed by atoms with Gasteiger partial charge in [-0.25, -0.2) is 15.0 Å². The summed E-state index contributed by atoms with van der Waals surface area (Å²) in [4.78, 5) is 14.8. The highest BCUT2D eigenvalue weighted by Crippen LogP contribution is 2.40. The maximum atomic E-state index is 9.71. The quantitative estimate of drug-likeness (QED) is 0.182. The number of hydrogen-bond acceptors (Lipinski definition) is 4. The van der Waals surface area contributed by atoms with E-state index in [1.54, 1.807) is 0 Å². The molecule has 0 radical (unpaired) electrons. The van der Waals surface area contributed by atoms with Crippen LogP contribution in [-0.2, 0) is 0 Å². The molecule has 2 heterocycles. The fourth-order valence-corrected chi connectivity index (χ4v) is 6.95. The van der Waals surface area contributed by atoms with Gasteiger partial charge in [-0.15, -0.1) is 0 Å². The van der Waals surface area contributed by atoms with E-state index in [-0.39, 0.29) is 23.7 Å². The highest BCUT2D eigenvalue weighted by molar-refractivity contribution is 6.25. The Bertz CT molecular complexity index is 2960. The number of nitrogens with zero attached hydrogens (tertiary/aromatic N) is 3. The zero-order chi connectivity index (χ0) is 34.9. The molecule has 0 N–H and O–H groups in total. The summed E-state index contributed by atoms with van der Waals surface area (Å²) in [6, 6.07) is 48.0. The van der Waals surface area contributed by atoms with Crippen LogP contribution >= 0.6 is 0 Å². The molecule has 0 spiro atoms. The van der Waals surface area contributed by atoms with Crippen LogP contribution in [0.1, 0.15) is 4.11 Å². The van der Waals surface area contributed by atoms with Crippen LogP contribution in [0, 0.1) is 0 Å². The molecule has 0 saturated carbocycles. The number of hydrogen-bond donors (Lipinski definition) is 0. The van der Waals surface area contributed by atoms with E-state index in [0.717, 1.165) is 38.1 Å². The van der Waals surface area contributed by atoms with E-state index in [1.165, 1.54) is 5.39 Å². The number of furan rings is 1. The molecule has 0 bridgehead atoms. The fraction of sp³-hybridized carbons (Fsp3) is 0. The summed E-state index contributed by atoms with van der Waals surface area (Å²) in [6.45, 7) is 0. The smallest absolute Gasteiger partial charge is 0.164 e. The van der Waals surface area contributed by atoms with Crippen molar-refractivity contribution in [1.82, 2.24) is 15.0 Å². The van der Waals surface area contributed by atoms with E-state index < -0.39 is 0 Å². The molecule has 0 saturated heterocycles. The molecule has 49 heavy (non-hydrogen) atoms. The molecule has 0 fully saturated rings. The number of fused-ring (bicyclic) bond motifs is 9. The molecular weight excluding hydrogens is 599 g/mol. The minimum absolute atomic E-state index is 0.0551. The van der Waals surface area contributed by atoms with Crippen LogP contribution in [-0.4, -0.2) is 15.0 Å². The van der Waals surface area contributed by atoms with E-state index in [1.807, 2.05) is 103 Å². The number of benzene rings is 8. The molecule has 4 heteroatoms. The van der Waals surface area contributed by atoms with Gasteiger partial charge in [0, 0.05) is 27.5 Å². The lowest BCUT2D eigenvalue weighted by atomic mass is 9.92. The first-order valence-electron chi connectivity index (χ1n) is 17.7. The third-order valence-corrected chi connectivity index (χ3v) is 9.24. The average Bonchev–Trinajstić information content (AvgIpc) is 3.61. The molecule has 228 valence electrons. The zero-order valence-electron chi connectivity index (χ0n) is 29.1. The Morgan fingerprint density at radius 2 is 0.939 bits per heavy atom. The van der Waals surface area contributed by atoms with Gasteiger partial charge in [-0.05, 0) is 67.7 Å². The second-order valence-corrected chi connectivity index (χ2v) is 12.1. The summed E-state index contributed by atoms with van der Waals surface area (Å²) in [5, 5.41) is 7.76. The highest BCUT2D eigenvalue weighted by Gasteiger charge is 2.18. The third-order valence-electron chi connectivity index (χ3n) is 9.24. The predicted molar refractivity (Wildman–Crippen MR) is 201 cm³/mol. The minimum atomic E-state index is -0.0720. The van der Waals surface area contributed by atoms with Crippen molar-refractivity contribution in [1.29, 1.82) is 0 Å². The van der Waals surface area contributed by atoms with Crippen molar-refractivity contribution in [2.24, 2.45) is 0 Å². The summed E-state index contributed by atoms with van der Waals surface area (Å²) in [6.07, 6.45) is 0. The Morgan fingerprint density at radius 1 is 0.388 bits per heavy atom. The maximum absolute atomic E-state index is 9.71. The first-order valence-corrected chi connectivity index (χ1v) is 16.2. The molecule has 10 rings (SSSR count). The van der Waals surface area contributed by atoms with Gasteiger partial charge in [0.15, 0.2) is 17.5 Å². The van der Waals surface area contributed by atoms with E-state index >= 15 is 0 Å². The standard InChI is InChI=1S/C45H27N3O/c1-3-12-28(13-4-1)43-46-44(29-14-5-2-6-15-29)48-45(47-43)37-20-11-21-41-42(37)39-27-31(23-25-40(39)49-41)30-22-24-36-34-18-8-7-16-32(34)33-17-9-10-19-35(33)38(36)26-30/h1-27H/i23D,25D,27D. The summed E-state index contributed by atoms with van der Waals surface area (Å²) >= 11 is 0. The van der Waals surface area contributed by atoms with Gasteiger partial charge in [0.2, 0.25) is 0 Å². The van der Waals surface area contributed by atoms with Crippen molar-refractivity contribution >= 4 is 54.3 Å². The van der Waals surface area contributed by atoms with Crippen molar-refractivity contribution in [3.8, 4) is 45.3 Å². The van der Waals surface area contributed by atoms with Crippen LogP contribution < -0.4 is 0 Å². The normalized spacial score (nSPS) is 12.5. The van der Waals surface area contributed by atoms with Gasteiger partial charge in [-0.2, -0.15) is 0 Å². The number of rotatable bonds is 4. The van der Waals surface area contributed by atoms with Crippen LogP contribution in [0.15, 0.2) is 168 Å². The Hall–Kier alpha value is -6.65. The molecule has 0 unspecified atom stereocenters. The van der Waals surface area contributed by atoms with Gasteiger partial charge in [0.05, 0.1) is 4.11 Å². The van der Waals surface area contributed by atoms with Gasteiger partial charge >= 0.3 is 0 Å². The Morgan fingerprint density at radius 3 is 1.57 bits per heavy atom. The lowest BCUT2D eigenvalue weighted by Gasteiger charge is -2.12. The highest BCUT2D eigenvalue weighted by atomic mass is 16.3. The second-order valence-electron chi connectivity index (χ2n) is 12.1. The molecule has 0 aliphatic carbocycles. The van der Waals surface area contributed by atoms with Crippen molar-refractivity contribution in [3.05, 3.63) is 164 Å². The van der Waals surface area contributed by atoms with Gasteiger partial charge in [-0.1, -0.05) is 140 Å². The van der Waals surface area contributed by atoms with Crippen LogP contribution in [0.25, 0.3) is 99.5 Å². The largest absolute Gasteiger partial charge is 0.456 e. The molecular formula is C45H27N3O. The second kappa shape index (κ2) is 11.0. The van der Waals surface area contributed by atoms with Crippen molar-refractivity contribution < 1.29 is 8.53 Å².